The molecule has 0 aromatic rings. The van der Waals surface area contributed by atoms with Gasteiger partial charge >= 0.3 is 6.09 Å². The molecule has 0 fully saturated rings. The van der Waals surface area contributed by atoms with Gasteiger partial charge in [-0.1, -0.05) is 0 Å². The van der Waals surface area contributed by atoms with Crippen LogP contribution in [0.4, 0.5) is 9.18 Å². The van der Waals surface area contributed by atoms with Gasteiger partial charge < -0.3 is 14.8 Å². The van der Waals surface area contributed by atoms with Crippen LogP contribution in [0.5, 0.6) is 0 Å². The smallest absolute Gasteiger partial charge is 0.407 e. The molecule has 76 valence electrons. The summed E-state index contributed by atoms with van der Waals surface area (Å²) in [6.45, 7) is 4.73. The second kappa shape index (κ2) is 4.79. The van der Waals surface area contributed by atoms with E-state index in [-0.39, 0.29) is 12.8 Å². The van der Waals surface area contributed by atoms with Crippen molar-refractivity contribution in [1.82, 2.24) is 5.32 Å². The lowest BCUT2D eigenvalue weighted by Gasteiger charge is -2.19. The quantitative estimate of drug-likeness (QED) is 0.678. The van der Waals surface area contributed by atoms with Gasteiger partial charge in [0, 0.05) is 0 Å². The molecule has 0 aliphatic carbocycles. The summed E-state index contributed by atoms with van der Waals surface area (Å²) in [5.74, 6) is 0. The lowest BCUT2D eigenvalue weighted by atomic mass is 10.2. The molecule has 1 atom stereocenters. The van der Waals surface area contributed by atoms with Crippen LogP contribution in [-0.4, -0.2) is 30.7 Å². The summed E-state index contributed by atoms with van der Waals surface area (Å²) in [6.07, 6.45) is -2.28. The van der Waals surface area contributed by atoms with E-state index in [4.69, 9.17) is 4.74 Å². The number of carbonyl (C=O) groups excluding carboxylic acids is 2. The second-order valence-corrected chi connectivity index (χ2v) is 3.53. The van der Waals surface area contributed by atoms with Crippen molar-refractivity contribution >= 4 is 12.4 Å². The molecule has 13 heavy (non-hydrogen) atoms. The molecule has 0 aromatic heterocycles. The number of alkyl halides is 1. The van der Waals surface area contributed by atoms with Crippen molar-refractivity contribution in [3.8, 4) is 0 Å². The fraction of sp³-hybridized carbons (Fsp3) is 0.750. The number of halogens is 1. The zero-order valence-corrected chi connectivity index (χ0v) is 7.96. The highest BCUT2D eigenvalue weighted by molar-refractivity contribution is 5.68. The Labute approximate surface area is 76.4 Å². The maximum Gasteiger partial charge on any atom is 0.407 e. The summed E-state index contributed by atoms with van der Waals surface area (Å²) < 4.78 is 17.1. The number of alkyl carbamates (subject to hydrolysis) is 1. The van der Waals surface area contributed by atoms with Crippen molar-refractivity contribution in [1.29, 1.82) is 0 Å². The van der Waals surface area contributed by atoms with E-state index in [9.17, 15) is 14.0 Å². The second-order valence-electron chi connectivity index (χ2n) is 3.53. The number of hydrogen-bond acceptors (Lipinski definition) is 3. The predicted molar refractivity (Wildman–Crippen MR) is 45.2 cm³/mol. The van der Waals surface area contributed by atoms with Gasteiger partial charge in [-0.3, -0.25) is 0 Å². The number of rotatable bonds is 3. The van der Waals surface area contributed by atoms with Gasteiger partial charge in [-0.25, -0.2) is 9.18 Å². The Morgan fingerprint density at radius 1 is 1.62 bits per heavy atom. The number of hydrogen-bond donors (Lipinski definition) is 1. The van der Waals surface area contributed by atoms with Crippen molar-refractivity contribution < 1.29 is 18.7 Å². The third-order valence-corrected chi connectivity index (χ3v) is 0.988. The number of amides is 1. The molecule has 0 aliphatic heterocycles. The monoisotopic (exact) mass is 191 g/mol. The minimum atomic E-state index is -1.67. The van der Waals surface area contributed by atoms with Crippen LogP contribution in [0.2, 0.25) is 0 Å². The molecule has 5 heteroatoms. The zero-order valence-electron chi connectivity index (χ0n) is 7.96. The molecule has 0 spiro atoms. The third-order valence-electron chi connectivity index (χ3n) is 0.988. The van der Waals surface area contributed by atoms with E-state index < -0.39 is 17.9 Å². The van der Waals surface area contributed by atoms with Crippen molar-refractivity contribution in [2.24, 2.45) is 0 Å². The molecule has 1 N–H and O–H groups in total. The van der Waals surface area contributed by atoms with E-state index in [1.807, 2.05) is 0 Å². The first-order valence-corrected chi connectivity index (χ1v) is 3.91. The van der Waals surface area contributed by atoms with E-state index in [1.54, 1.807) is 20.8 Å². The number of carbonyl (C=O) groups is 2. The molecule has 0 saturated carbocycles. The maximum absolute atomic E-state index is 12.3. The molecule has 4 nitrogen and oxygen atoms in total. The highest BCUT2D eigenvalue weighted by atomic mass is 19.1. The zero-order chi connectivity index (χ0) is 10.5. The molecule has 0 aliphatic rings. The molecular formula is C8H14FNO3. The van der Waals surface area contributed by atoms with E-state index in [0.29, 0.717) is 0 Å². The first-order chi connectivity index (χ1) is 5.85. The van der Waals surface area contributed by atoms with Gasteiger partial charge in [0.2, 0.25) is 0 Å². The molecule has 0 bridgehead atoms. The fourth-order valence-electron chi connectivity index (χ4n) is 0.543. The lowest BCUT2D eigenvalue weighted by Crippen LogP contribution is -2.36. The van der Waals surface area contributed by atoms with Gasteiger partial charge in [0.25, 0.3) is 0 Å². The summed E-state index contributed by atoms with van der Waals surface area (Å²) >= 11 is 0. The first kappa shape index (κ1) is 11.9. The van der Waals surface area contributed by atoms with Crippen molar-refractivity contribution in [2.75, 3.05) is 6.54 Å². The highest BCUT2D eigenvalue weighted by Gasteiger charge is 2.16. The Morgan fingerprint density at radius 2 is 2.15 bits per heavy atom. The van der Waals surface area contributed by atoms with Crippen LogP contribution in [0.25, 0.3) is 0 Å². The third kappa shape index (κ3) is 7.24. The SMILES string of the molecule is CC(C)(C)OC(=O)NCC(F)C=O. The fourth-order valence-corrected chi connectivity index (χ4v) is 0.543. The molecule has 0 rings (SSSR count). The Bertz CT molecular complexity index is 188. The topological polar surface area (TPSA) is 55.4 Å². The van der Waals surface area contributed by atoms with Crippen molar-refractivity contribution in [3.63, 3.8) is 0 Å². The molecule has 0 heterocycles. The Morgan fingerprint density at radius 3 is 2.54 bits per heavy atom. The van der Waals surface area contributed by atoms with Crippen LogP contribution < -0.4 is 5.32 Å². The molecule has 0 aromatic carbocycles. The van der Waals surface area contributed by atoms with Gasteiger partial charge in [-0.2, -0.15) is 0 Å². The van der Waals surface area contributed by atoms with E-state index in [2.05, 4.69) is 5.32 Å². The molecule has 1 amide bonds. The Hall–Kier alpha value is -1.13. The van der Waals surface area contributed by atoms with Crippen LogP contribution in [0.3, 0.4) is 0 Å². The van der Waals surface area contributed by atoms with Gasteiger partial charge in [-0.05, 0) is 20.8 Å². The van der Waals surface area contributed by atoms with Crippen LogP contribution >= 0.6 is 0 Å². The average molecular weight is 191 g/mol. The number of nitrogens with one attached hydrogen (secondary N) is 1. The first-order valence-electron chi connectivity index (χ1n) is 3.91. The molecule has 0 saturated heterocycles. The molecule has 0 radical (unpaired) electrons. The summed E-state index contributed by atoms with van der Waals surface area (Å²) in [6, 6.07) is 0. The van der Waals surface area contributed by atoms with Crippen LogP contribution in [0.1, 0.15) is 20.8 Å². The van der Waals surface area contributed by atoms with Gasteiger partial charge in [-0.15, -0.1) is 0 Å². The van der Waals surface area contributed by atoms with Crippen LogP contribution in [-0.2, 0) is 9.53 Å². The largest absolute Gasteiger partial charge is 0.444 e. The summed E-state index contributed by atoms with van der Waals surface area (Å²) in [5, 5.41) is 2.12. The van der Waals surface area contributed by atoms with Gasteiger partial charge in [0.1, 0.15) is 5.60 Å². The normalized spacial score (nSPS) is 13.2. The van der Waals surface area contributed by atoms with Crippen molar-refractivity contribution in [3.05, 3.63) is 0 Å². The lowest BCUT2D eigenvalue weighted by molar-refractivity contribution is -0.111. The van der Waals surface area contributed by atoms with Gasteiger partial charge in [0.15, 0.2) is 12.5 Å². The summed E-state index contributed by atoms with van der Waals surface area (Å²) in [5.41, 5.74) is -0.614. The number of ether oxygens (including phenoxy) is 1. The predicted octanol–water partition coefficient (Wildman–Crippen LogP) is 1.05. The highest BCUT2D eigenvalue weighted by Crippen LogP contribution is 2.06. The summed E-state index contributed by atoms with van der Waals surface area (Å²) in [4.78, 5) is 20.7. The van der Waals surface area contributed by atoms with Crippen molar-refractivity contribution in [2.45, 2.75) is 32.5 Å². The number of aldehydes is 1. The standard InChI is InChI=1S/C8H14FNO3/c1-8(2,3)13-7(12)10-4-6(9)5-11/h5-6H,4H2,1-3H3,(H,10,12). The minimum Gasteiger partial charge on any atom is -0.444 e. The van der Waals surface area contributed by atoms with E-state index in [1.165, 1.54) is 0 Å². The molecular weight excluding hydrogens is 177 g/mol. The summed E-state index contributed by atoms with van der Waals surface area (Å²) in [7, 11) is 0. The van der Waals surface area contributed by atoms with E-state index in [0.717, 1.165) is 0 Å². The average Bonchev–Trinajstić information content (AvgIpc) is 1.97. The Kier molecular flexibility index (Phi) is 4.37. The van der Waals surface area contributed by atoms with Crippen LogP contribution in [0.15, 0.2) is 0 Å². The molecule has 1 unspecified atom stereocenters. The Balaban J connectivity index is 3.70. The van der Waals surface area contributed by atoms with E-state index >= 15 is 0 Å². The minimum absolute atomic E-state index is 0.122. The van der Waals surface area contributed by atoms with Gasteiger partial charge in [0.05, 0.1) is 6.54 Å². The maximum atomic E-state index is 12.3. The van der Waals surface area contributed by atoms with Crippen LogP contribution in [0, 0.1) is 0 Å².